The van der Waals surface area contributed by atoms with Gasteiger partial charge in [0.1, 0.15) is 5.72 Å². The van der Waals surface area contributed by atoms with Gasteiger partial charge in [-0.3, -0.25) is 5.32 Å². The second kappa shape index (κ2) is 12.9. The molecule has 3 heteroatoms. The monoisotopic (exact) mass is 437 g/mol. The molecule has 0 aromatic carbocycles. The fourth-order valence-electron chi connectivity index (χ4n) is 5.30. The molecule has 1 aliphatic carbocycles. The third kappa shape index (κ3) is 10.6. The molecule has 4 unspecified atom stereocenters. The summed E-state index contributed by atoms with van der Waals surface area (Å²) in [6.45, 7) is 17.9. The molecule has 4 atom stereocenters. The standard InChI is InChI=1S/C28H55NO2/c1-8-27(6,19-20-30-28(7)21-29-28)31-24(5)26-17-15-25(16-18-26)14-10-13-23(4)12-9-11-22(2)3/h22-26,29H,8-21H2,1-7H3. The Labute approximate surface area is 194 Å². The van der Waals surface area contributed by atoms with Gasteiger partial charge in [0.15, 0.2) is 0 Å². The van der Waals surface area contributed by atoms with E-state index in [-0.39, 0.29) is 11.3 Å². The average molecular weight is 438 g/mol. The Morgan fingerprint density at radius 3 is 2.23 bits per heavy atom. The van der Waals surface area contributed by atoms with Gasteiger partial charge in [-0.1, -0.05) is 79.1 Å². The summed E-state index contributed by atoms with van der Waals surface area (Å²) in [4.78, 5) is 0. The van der Waals surface area contributed by atoms with E-state index in [1.165, 1.54) is 64.2 Å². The van der Waals surface area contributed by atoms with E-state index in [0.717, 1.165) is 49.7 Å². The van der Waals surface area contributed by atoms with Crippen molar-refractivity contribution in [1.29, 1.82) is 0 Å². The van der Waals surface area contributed by atoms with E-state index in [0.29, 0.717) is 6.10 Å². The number of rotatable bonds is 16. The van der Waals surface area contributed by atoms with E-state index in [9.17, 15) is 0 Å². The van der Waals surface area contributed by atoms with Crippen LogP contribution in [-0.2, 0) is 9.47 Å². The molecule has 1 heterocycles. The van der Waals surface area contributed by atoms with E-state index >= 15 is 0 Å². The van der Waals surface area contributed by atoms with Crippen molar-refractivity contribution in [2.45, 2.75) is 143 Å². The molecule has 0 radical (unpaired) electrons. The summed E-state index contributed by atoms with van der Waals surface area (Å²) >= 11 is 0. The van der Waals surface area contributed by atoms with Crippen LogP contribution in [0.15, 0.2) is 0 Å². The summed E-state index contributed by atoms with van der Waals surface area (Å²) in [6, 6.07) is 0. The lowest BCUT2D eigenvalue weighted by Gasteiger charge is -2.38. The molecule has 1 saturated heterocycles. The Balaban J connectivity index is 1.59. The number of ether oxygens (including phenoxy) is 2. The van der Waals surface area contributed by atoms with Crippen molar-refractivity contribution in [3.8, 4) is 0 Å². The highest BCUT2D eigenvalue weighted by atomic mass is 16.5. The largest absolute Gasteiger partial charge is 0.372 e. The zero-order valence-electron chi connectivity index (χ0n) is 22.1. The summed E-state index contributed by atoms with van der Waals surface area (Å²) in [5, 5.41) is 3.28. The number of hydrogen-bond donors (Lipinski definition) is 1. The Kier molecular flexibility index (Phi) is 11.3. The van der Waals surface area contributed by atoms with Crippen molar-refractivity contribution in [3.63, 3.8) is 0 Å². The van der Waals surface area contributed by atoms with Crippen molar-refractivity contribution in [2.75, 3.05) is 13.2 Å². The molecule has 0 spiro atoms. The molecule has 0 aromatic rings. The van der Waals surface area contributed by atoms with Crippen LogP contribution in [0.4, 0.5) is 0 Å². The van der Waals surface area contributed by atoms with Crippen LogP contribution < -0.4 is 5.32 Å². The first-order chi connectivity index (χ1) is 14.6. The Morgan fingerprint density at radius 2 is 1.65 bits per heavy atom. The van der Waals surface area contributed by atoms with Crippen LogP contribution in [-0.4, -0.2) is 30.6 Å². The molecule has 2 aliphatic rings. The minimum atomic E-state index is -0.0650. The first-order valence-corrected chi connectivity index (χ1v) is 13.7. The lowest BCUT2D eigenvalue weighted by atomic mass is 9.77. The van der Waals surface area contributed by atoms with E-state index < -0.39 is 0 Å². The van der Waals surface area contributed by atoms with Gasteiger partial charge in [-0.05, 0) is 70.1 Å². The molecule has 0 aromatic heterocycles. The van der Waals surface area contributed by atoms with Crippen LogP contribution in [0.2, 0.25) is 0 Å². The normalized spacial score (nSPS) is 30.2. The maximum Gasteiger partial charge on any atom is 0.129 e. The maximum atomic E-state index is 6.66. The van der Waals surface area contributed by atoms with Crippen LogP contribution in [0.1, 0.15) is 126 Å². The van der Waals surface area contributed by atoms with Crippen LogP contribution in [0.3, 0.4) is 0 Å². The summed E-state index contributed by atoms with van der Waals surface area (Å²) in [5.74, 6) is 3.47. The molecule has 3 nitrogen and oxygen atoms in total. The van der Waals surface area contributed by atoms with E-state index in [1.54, 1.807) is 0 Å². The van der Waals surface area contributed by atoms with Gasteiger partial charge in [0.2, 0.25) is 0 Å². The molecule has 31 heavy (non-hydrogen) atoms. The smallest absolute Gasteiger partial charge is 0.129 e. The highest BCUT2D eigenvalue weighted by Gasteiger charge is 2.38. The van der Waals surface area contributed by atoms with Gasteiger partial charge in [-0.15, -0.1) is 0 Å². The van der Waals surface area contributed by atoms with Crippen LogP contribution in [0.25, 0.3) is 0 Å². The molecule has 1 saturated carbocycles. The second-order valence-electron chi connectivity index (χ2n) is 12.0. The van der Waals surface area contributed by atoms with E-state index in [1.807, 2.05) is 0 Å². The van der Waals surface area contributed by atoms with Gasteiger partial charge in [-0.25, -0.2) is 0 Å². The van der Waals surface area contributed by atoms with Crippen molar-refractivity contribution >= 4 is 0 Å². The first kappa shape index (κ1) is 27.1. The molecule has 1 N–H and O–H groups in total. The van der Waals surface area contributed by atoms with Gasteiger partial charge >= 0.3 is 0 Å². The molecule has 2 rings (SSSR count). The molecule has 184 valence electrons. The predicted octanol–water partition coefficient (Wildman–Crippen LogP) is 7.73. The zero-order valence-corrected chi connectivity index (χ0v) is 22.1. The molecular weight excluding hydrogens is 382 g/mol. The topological polar surface area (TPSA) is 40.4 Å². The van der Waals surface area contributed by atoms with Crippen LogP contribution in [0.5, 0.6) is 0 Å². The average Bonchev–Trinajstić information content (AvgIpc) is 3.45. The molecule has 0 bridgehead atoms. The minimum absolute atomic E-state index is 0.0623. The van der Waals surface area contributed by atoms with Crippen LogP contribution >= 0.6 is 0 Å². The molecule has 2 fully saturated rings. The number of hydrogen-bond acceptors (Lipinski definition) is 3. The lowest BCUT2D eigenvalue weighted by Crippen LogP contribution is -2.38. The first-order valence-electron chi connectivity index (χ1n) is 13.7. The summed E-state index contributed by atoms with van der Waals surface area (Å²) in [7, 11) is 0. The summed E-state index contributed by atoms with van der Waals surface area (Å²) in [6.07, 6.45) is 16.5. The Bertz CT molecular complexity index is 481. The Hall–Kier alpha value is -0.120. The van der Waals surface area contributed by atoms with E-state index in [2.05, 4.69) is 53.8 Å². The van der Waals surface area contributed by atoms with Crippen molar-refractivity contribution in [1.82, 2.24) is 5.32 Å². The molecule has 1 aliphatic heterocycles. The van der Waals surface area contributed by atoms with E-state index in [4.69, 9.17) is 9.47 Å². The second-order valence-corrected chi connectivity index (χ2v) is 12.0. The third-order valence-corrected chi connectivity index (χ3v) is 8.29. The third-order valence-electron chi connectivity index (χ3n) is 8.29. The maximum absolute atomic E-state index is 6.66. The van der Waals surface area contributed by atoms with Crippen LogP contribution in [0, 0.1) is 23.7 Å². The quantitative estimate of drug-likeness (QED) is 0.251. The minimum Gasteiger partial charge on any atom is -0.372 e. The van der Waals surface area contributed by atoms with Gasteiger partial charge in [0.05, 0.1) is 18.3 Å². The van der Waals surface area contributed by atoms with Gasteiger partial charge in [0.25, 0.3) is 0 Å². The summed E-state index contributed by atoms with van der Waals surface area (Å²) < 4.78 is 12.6. The van der Waals surface area contributed by atoms with Gasteiger partial charge in [0, 0.05) is 6.54 Å². The highest BCUT2D eigenvalue weighted by Crippen LogP contribution is 2.37. The SMILES string of the molecule is CCC(C)(CCOC1(C)CN1)OC(C)C1CCC(CCCC(C)CCCC(C)C)CC1. The highest BCUT2D eigenvalue weighted by molar-refractivity contribution is 4.90. The molecule has 0 amide bonds. The fourth-order valence-corrected chi connectivity index (χ4v) is 5.30. The van der Waals surface area contributed by atoms with Crippen molar-refractivity contribution < 1.29 is 9.47 Å². The lowest BCUT2D eigenvalue weighted by molar-refractivity contribution is -0.122. The summed E-state index contributed by atoms with van der Waals surface area (Å²) in [5.41, 5.74) is -0.127. The fraction of sp³-hybridized carbons (Fsp3) is 1.00. The number of nitrogens with one attached hydrogen (secondary N) is 1. The van der Waals surface area contributed by atoms with Crippen molar-refractivity contribution in [2.24, 2.45) is 23.7 Å². The zero-order chi connectivity index (χ0) is 22.9. The predicted molar refractivity (Wildman–Crippen MR) is 133 cm³/mol. The Morgan fingerprint density at radius 1 is 1.00 bits per heavy atom. The van der Waals surface area contributed by atoms with Gasteiger partial charge < -0.3 is 9.47 Å². The van der Waals surface area contributed by atoms with Gasteiger partial charge in [-0.2, -0.15) is 0 Å². The molecular formula is C28H55NO2. The van der Waals surface area contributed by atoms with Crippen molar-refractivity contribution in [3.05, 3.63) is 0 Å².